The van der Waals surface area contributed by atoms with Gasteiger partial charge >= 0.3 is 0 Å². The van der Waals surface area contributed by atoms with Crippen molar-refractivity contribution in [2.75, 3.05) is 22.1 Å². The van der Waals surface area contributed by atoms with Crippen molar-refractivity contribution >= 4 is 27.2 Å². The number of hydrogen-bond acceptors (Lipinski definition) is 6. The number of nitrogens with zero attached hydrogens (tertiary/aromatic N) is 2. The van der Waals surface area contributed by atoms with E-state index in [1.807, 2.05) is 13.0 Å². The van der Waals surface area contributed by atoms with Gasteiger partial charge in [0.1, 0.15) is 17.5 Å². The minimum absolute atomic E-state index is 0.0868. The van der Waals surface area contributed by atoms with Crippen LogP contribution in [0.15, 0.2) is 24.3 Å². The number of sulfone groups is 1. The van der Waals surface area contributed by atoms with Crippen LogP contribution in [0.25, 0.3) is 0 Å². The first kappa shape index (κ1) is 18.6. The standard InChI is InChI=1S/C19H26N4O2S/c1-4-14-7-6-8-15(5-2)19(14)23-18-11-17(20-13(3)21-18)22-16-9-10-26(24,25)12-16/h6-8,11,16H,4-5,9-10,12H2,1-3H3,(H2,20,21,22,23). The van der Waals surface area contributed by atoms with Crippen molar-refractivity contribution in [3.05, 3.63) is 41.2 Å². The van der Waals surface area contributed by atoms with E-state index >= 15 is 0 Å². The molecule has 1 atom stereocenters. The molecule has 0 bridgehead atoms. The lowest BCUT2D eigenvalue weighted by molar-refractivity contribution is 0.602. The fraction of sp³-hybridized carbons (Fsp3) is 0.474. The molecule has 0 radical (unpaired) electrons. The Morgan fingerprint density at radius 2 is 1.77 bits per heavy atom. The van der Waals surface area contributed by atoms with Crippen LogP contribution in [0.1, 0.15) is 37.2 Å². The molecular weight excluding hydrogens is 348 g/mol. The lowest BCUT2D eigenvalue weighted by Crippen LogP contribution is -2.21. The zero-order valence-corrected chi connectivity index (χ0v) is 16.4. The molecule has 2 aromatic rings. The number of rotatable bonds is 6. The molecule has 0 amide bonds. The summed E-state index contributed by atoms with van der Waals surface area (Å²) >= 11 is 0. The monoisotopic (exact) mass is 374 g/mol. The minimum atomic E-state index is -2.92. The molecule has 6 nitrogen and oxygen atoms in total. The summed E-state index contributed by atoms with van der Waals surface area (Å²) < 4.78 is 23.3. The Hall–Kier alpha value is -2.15. The SMILES string of the molecule is CCc1cccc(CC)c1Nc1cc(NC2CCS(=O)(=O)C2)nc(C)n1. The molecule has 26 heavy (non-hydrogen) atoms. The van der Waals surface area contributed by atoms with Gasteiger partial charge in [0.25, 0.3) is 0 Å². The van der Waals surface area contributed by atoms with Crippen molar-refractivity contribution in [1.29, 1.82) is 0 Å². The number of nitrogens with one attached hydrogen (secondary N) is 2. The molecule has 140 valence electrons. The number of anilines is 3. The number of benzene rings is 1. The van der Waals surface area contributed by atoms with Crippen LogP contribution in [0.2, 0.25) is 0 Å². The zero-order chi connectivity index (χ0) is 18.7. The quantitative estimate of drug-likeness (QED) is 0.807. The largest absolute Gasteiger partial charge is 0.366 e. The van der Waals surface area contributed by atoms with E-state index in [1.165, 1.54) is 11.1 Å². The van der Waals surface area contributed by atoms with E-state index in [4.69, 9.17) is 0 Å². The van der Waals surface area contributed by atoms with E-state index in [0.29, 0.717) is 18.1 Å². The third kappa shape index (κ3) is 4.33. The molecule has 7 heteroatoms. The van der Waals surface area contributed by atoms with Gasteiger partial charge < -0.3 is 10.6 Å². The molecule has 2 heterocycles. The van der Waals surface area contributed by atoms with Gasteiger partial charge in [0.2, 0.25) is 0 Å². The van der Waals surface area contributed by atoms with Crippen LogP contribution in [0.5, 0.6) is 0 Å². The number of aromatic nitrogens is 2. The maximum atomic E-state index is 11.7. The van der Waals surface area contributed by atoms with Crippen molar-refractivity contribution in [3.63, 3.8) is 0 Å². The Bertz CT molecular complexity index is 874. The third-order valence-electron chi connectivity index (χ3n) is 4.67. The highest BCUT2D eigenvalue weighted by Crippen LogP contribution is 2.27. The fourth-order valence-corrected chi connectivity index (χ4v) is 5.03. The molecule has 3 rings (SSSR count). The van der Waals surface area contributed by atoms with Crippen molar-refractivity contribution in [3.8, 4) is 0 Å². The highest BCUT2D eigenvalue weighted by Gasteiger charge is 2.28. The van der Waals surface area contributed by atoms with E-state index in [9.17, 15) is 8.42 Å². The van der Waals surface area contributed by atoms with E-state index in [-0.39, 0.29) is 17.5 Å². The van der Waals surface area contributed by atoms with Crippen molar-refractivity contribution in [2.45, 2.75) is 46.1 Å². The predicted octanol–water partition coefficient (Wildman–Crippen LogP) is 3.25. The van der Waals surface area contributed by atoms with Crippen LogP contribution in [-0.4, -0.2) is 35.9 Å². The maximum Gasteiger partial charge on any atom is 0.152 e. The number of para-hydroxylation sites is 1. The summed E-state index contributed by atoms with van der Waals surface area (Å²) in [6.07, 6.45) is 2.49. The molecule has 1 saturated heterocycles. The maximum absolute atomic E-state index is 11.7. The molecule has 2 N–H and O–H groups in total. The van der Waals surface area contributed by atoms with Crippen molar-refractivity contribution in [1.82, 2.24) is 9.97 Å². The van der Waals surface area contributed by atoms with Gasteiger partial charge in [-0.3, -0.25) is 0 Å². The van der Waals surface area contributed by atoms with E-state index < -0.39 is 9.84 Å². The lowest BCUT2D eigenvalue weighted by Gasteiger charge is -2.17. The first-order chi connectivity index (χ1) is 12.4. The molecule has 1 aliphatic heterocycles. The highest BCUT2D eigenvalue weighted by molar-refractivity contribution is 7.91. The van der Waals surface area contributed by atoms with E-state index in [1.54, 1.807) is 0 Å². The summed E-state index contributed by atoms with van der Waals surface area (Å²) in [5, 5.41) is 6.71. The average molecular weight is 375 g/mol. The molecule has 1 aromatic heterocycles. The molecule has 1 aromatic carbocycles. The smallest absolute Gasteiger partial charge is 0.152 e. The normalized spacial score (nSPS) is 18.7. The van der Waals surface area contributed by atoms with Gasteiger partial charge in [0.15, 0.2) is 9.84 Å². The molecule has 1 unspecified atom stereocenters. The first-order valence-electron chi connectivity index (χ1n) is 9.10. The molecular formula is C19H26N4O2S. The van der Waals surface area contributed by atoms with E-state index in [2.05, 4.69) is 52.6 Å². The minimum Gasteiger partial charge on any atom is -0.366 e. The Morgan fingerprint density at radius 1 is 1.12 bits per heavy atom. The van der Waals surface area contributed by atoms with Crippen LogP contribution in [0, 0.1) is 6.92 Å². The van der Waals surface area contributed by atoms with Crippen LogP contribution in [0.3, 0.4) is 0 Å². The second-order valence-electron chi connectivity index (χ2n) is 6.71. The molecule has 1 fully saturated rings. The Kier molecular flexibility index (Phi) is 5.46. The summed E-state index contributed by atoms with van der Waals surface area (Å²) in [7, 11) is -2.92. The predicted molar refractivity (Wildman–Crippen MR) is 106 cm³/mol. The summed E-state index contributed by atoms with van der Waals surface area (Å²) in [6.45, 7) is 6.12. The second-order valence-corrected chi connectivity index (χ2v) is 8.94. The topological polar surface area (TPSA) is 84.0 Å². The molecule has 0 spiro atoms. The van der Waals surface area contributed by atoms with Crippen LogP contribution in [0.4, 0.5) is 17.3 Å². The summed E-state index contributed by atoms with van der Waals surface area (Å²) in [5.41, 5.74) is 3.60. The van der Waals surface area contributed by atoms with Crippen LogP contribution < -0.4 is 10.6 Å². The Balaban J connectivity index is 1.85. The van der Waals surface area contributed by atoms with Gasteiger partial charge in [-0.2, -0.15) is 0 Å². The highest BCUT2D eigenvalue weighted by atomic mass is 32.2. The lowest BCUT2D eigenvalue weighted by atomic mass is 10.0. The van der Waals surface area contributed by atoms with Crippen molar-refractivity contribution < 1.29 is 8.42 Å². The first-order valence-corrected chi connectivity index (χ1v) is 10.9. The number of aryl methyl sites for hydroxylation is 3. The molecule has 0 aliphatic carbocycles. The van der Waals surface area contributed by atoms with Gasteiger partial charge in [0, 0.05) is 17.8 Å². The zero-order valence-electron chi connectivity index (χ0n) is 15.5. The van der Waals surface area contributed by atoms with Gasteiger partial charge in [-0.05, 0) is 37.3 Å². The fourth-order valence-electron chi connectivity index (χ4n) is 3.35. The molecule has 0 saturated carbocycles. The second kappa shape index (κ2) is 7.61. The Morgan fingerprint density at radius 3 is 2.35 bits per heavy atom. The van der Waals surface area contributed by atoms with E-state index in [0.717, 1.165) is 24.3 Å². The average Bonchev–Trinajstić information content (AvgIpc) is 2.93. The number of hydrogen-bond donors (Lipinski definition) is 2. The summed E-state index contributed by atoms with van der Waals surface area (Å²) in [5.74, 6) is 2.43. The van der Waals surface area contributed by atoms with Gasteiger partial charge in [0.05, 0.1) is 11.5 Å². The van der Waals surface area contributed by atoms with Crippen LogP contribution in [-0.2, 0) is 22.7 Å². The summed E-state index contributed by atoms with van der Waals surface area (Å²) in [4.78, 5) is 8.92. The van der Waals surface area contributed by atoms with Gasteiger partial charge in [-0.1, -0.05) is 32.0 Å². The van der Waals surface area contributed by atoms with Gasteiger partial charge in [-0.25, -0.2) is 18.4 Å². The van der Waals surface area contributed by atoms with Crippen LogP contribution >= 0.6 is 0 Å². The Labute approximate surface area is 155 Å². The van der Waals surface area contributed by atoms with Gasteiger partial charge in [-0.15, -0.1) is 0 Å². The van der Waals surface area contributed by atoms with Crippen molar-refractivity contribution in [2.24, 2.45) is 0 Å². The molecule has 1 aliphatic rings. The summed E-state index contributed by atoms with van der Waals surface area (Å²) in [6, 6.07) is 8.10. The third-order valence-corrected chi connectivity index (χ3v) is 6.44.